The Hall–Kier alpha value is -3.78. The van der Waals surface area contributed by atoms with Crippen LogP contribution in [0.15, 0.2) is 64.2 Å². The molecular formula is C20H18N6O2. The third-order valence-corrected chi connectivity index (χ3v) is 4.25. The molecule has 0 amide bonds. The second-order valence-corrected chi connectivity index (χ2v) is 6.23. The summed E-state index contributed by atoms with van der Waals surface area (Å²) in [5.74, 6) is 0.658. The van der Waals surface area contributed by atoms with E-state index in [0.717, 1.165) is 12.1 Å². The summed E-state index contributed by atoms with van der Waals surface area (Å²) in [6.07, 6.45) is 3.12. The molecule has 0 atom stereocenters. The summed E-state index contributed by atoms with van der Waals surface area (Å²) in [4.78, 5) is 22.6. The van der Waals surface area contributed by atoms with Crippen LogP contribution in [0.1, 0.15) is 5.56 Å². The largest absolute Gasteiger partial charge is 0.382 e. The molecule has 0 saturated carbocycles. The lowest BCUT2D eigenvalue weighted by Gasteiger charge is -2.04. The van der Waals surface area contributed by atoms with Crippen molar-refractivity contribution in [2.24, 2.45) is 0 Å². The second-order valence-electron chi connectivity index (χ2n) is 6.23. The van der Waals surface area contributed by atoms with Gasteiger partial charge in [0, 0.05) is 36.0 Å². The Morgan fingerprint density at radius 1 is 1.11 bits per heavy atom. The van der Waals surface area contributed by atoms with E-state index in [1.807, 2.05) is 31.3 Å². The number of aromatic nitrogens is 4. The number of H-pyrrole nitrogens is 1. The number of rotatable bonds is 5. The highest BCUT2D eigenvalue weighted by molar-refractivity contribution is 5.72. The summed E-state index contributed by atoms with van der Waals surface area (Å²) in [7, 11) is 1.91. The molecule has 8 heteroatoms. The Labute approximate surface area is 160 Å². The van der Waals surface area contributed by atoms with Gasteiger partial charge in [-0.05, 0) is 18.7 Å². The topological polar surface area (TPSA) is 123 Å². The maximum Gasteiger partial charge on any atom is 0.247 e. The maximum absolute atomic E-state index is 11.3. The molecule has 4 N–H and O–H groups in total. The number of nitrogens with one attached hydrogen (secondary N) is 2. The molecule has 0 radical (unpaired) electrons. The van der Waals surface area contributed by atoms with Crippen LogP contribution in [0, 0.1) is 0 Å². The van der Waals surface area contributed by atoms with Gasteiger partial charge in [-0.25, -0.2) is 9.97 Å². The van der Waals surface area contributed by atoms with Gasteiger partial charge in [-0.3, -0.25) is 4.79 Å². The highest BCUT2D eigenvalue weighted by Gasteiger charge is 2.15. The molecule has 8 nitrogen and oxygen atoms in total. The predicted molar refractivity (Wildman–Crippen MR) is 106 cm³/mol. The Kier molecular flexibility index (Phi) is 4.69. The van der Waals surface area contributed by atoms with Gasteiger partial charge in [-0.2, -0.15) is 0 Å². The van der Waals surface area contributed by atoms with Gasteiger partial charge in [-0.15, -0.1) is 0 Å². The van der Waals surface area contributed by atoms with Gasteiger partial charge in [-0.1, -0.05) is 29.4 Å². The lowest BCUT2D eigenvalue weighted by Crippen LogP contribution is -2.04. The smallest absolute Gasteiger partial charge is 0.247 e. The molecule has 0 unspecified atom stereocenters. The summed E-state index contributed by atoms with van der Waals surface area (Å²) in [6.45, 7) is 0.800. The van der Waals surface area contributed by atoms with E-state index in [4.69, 9.17) is 10.3 Å². The van der Waals surface area contributed by atoms with Gasteiger partial charge >= 0.3 is 0 Å². The van der Waals surface area contributed by atoms with E-state index in [1.165, 1.54) is 11.6 Å². The van der Waals surface area contributed by atoms with Crippen molar-refractivity contribution in [1.29, 1.82) is 0 Å². The van der Waals surface area contributed by atoms with Gasteiger partial charge in [0.25, 0.3) is 0 Å². The van der Waals surface area contributed by atoms with Crippen LogP contribution >= 0.6 is 0 Å². The van der Waals surface area contributed by atoms with Crippen molar-refractivity contribution >= 4 is 5.82 Å². The highest BCUT2D eigenvalue weighted by atomic mass is 16.5. The number of hydrogen-bond acceptors (Lipinski definition) is 7. The van der Waals surface area contributed by atoms with Crippen LogP contribution < -0.4 is 16.6 Å². The van der Waals surface area contributed by atoms with Crippen LogP contribution in [-0.4, -0.2) is 27.2 Å². The van der Waals surface area contributed by atoms with Crippen LogP contribution in [-0.2, 0) is 6.54 Å². The number of hydrogen-bond donors (Lipinski definition) is 3. The third-order valence-electron chi connectivity index (χ3n) is 4.25. The van der Waals surface area contributed by atoms with Crippen molar-refractivity contribution in [2.45, 2.75) is 6.54 Å². The molecule has 0 bridgehead atoms. The molecular weight excluding hydrogens is 356 g/mol. The average Bonchev–Trinajstić information content (AvgIpc) is 3.20. The minimum Gasteiger partial charge on any atom is -0.382 e. The van der Waals surface area contributed by atoms with Crippen LogP contribution in [0.25, 0.3) is 34.0 Å². The molecule has 28 heavy (non-hydrogen) atoms. The number of nitrogens with zero attached hydrogens (tertiary/aromatic N) is 3. The minimum atomic E-state index is -0.187. The lowest BCUT2D eigenvalue weighted by molar-refractivity contribution is 0.434. The normalized spacial score (nSPS) is 10.9. The Balaban J connectivity index is 1.67. The molecule has 1 aromatic carbocycles. The quantitative estimate of drug-likeness (QED) is 0.490. The first-order valence-electron chi connectivity index (χ1n) is 8.66. The molecule has 4 rings (SSSR count). The first kappa shape index (κ1) is 17.6. The Morgan fingerprint density at radius 2 is 1.89 bits per heavy atom. The summed E-state index contributed by atoms with van der Waals surface area (Å²) >= 11 is 0. The summed E-state index contributed by atoms with van der Waals surface area (Å²) in [5, 5.41) is 7.25. The zero-order valence-electron chi connectivity index (χ0n) is 15.1. The third kappa shape index (κ3) is 3.53. The van der Waals surface area contributed by atoms with Gasteiger partial charge < -0.3 is 20.6 Å². The number of nitrogens with two attached hydrogens (primary N) is 1. The molecule has 0 aliphatic heterocycles. The molecule has 140 valence electrons. The van der Waals surface area contributed by atoms with Gasteiger partial charge in [0.15, 0.2) is 17.3 Å². The highest BCUT2D eigenvalue weighted by Crippen LogP contribution is 2.29. The molecule has 0 saturated heterocycles. The SMILES string of the molecule is CNCc1ccc(-c2cc(-c3nc(-c4ccc(=O)[nH]c4)cnc3N)on2)cc1. The van der Waals surface area contributed by atoms with Gasteiger partial charge in [0.05, 0.1) is 11.9 Å². The Morgan fingerprint density at radius 3 is 2.61 bits per heavy atom. The molecule has 3 heterocycles. The van der Waals surface area contributed by atoms with E-state index in [9.17, 15) is 4.79 Å². The fourth-order valence-electron chi connectivity index (χ4n) is 2.81. The molecule has 0 spiro atoms. The van der Waals surface area contributed by atoms with E-state index in [1.54, 1.807) is 24.5 Å². The number of anilines is 1. The van der Waals surface area contributed by atoms with E-state index in [0.29, 0.717) is 28.4 Å². The van der Waals surface area contributed by atoms with Crippen molar-refractivity contribution < 1.29 is 4.52 Å². The summed E-state index contributed by atoms with van der Waals surface area (Å²) in [5.41, 5.74) is 10.3. The number of benzene rings is 1. The monoisotopic (exact) mass is 374 g/mol. The van der Waals surface area contributed by atoms with Gasteiger partial charge in [0.2, 0.25) is 5.56 Å². The lowest BCUT2D eigenvalue weighted by atomic mass is 10.1. The molecule has 4 aromatic rings. The standard InChI is InChI=1S/C20H18N6O2/c1-22-9-12-2-4-13(5-3-12)15-8-17(28-26-15)19-20(21)24-11-16(25-19)14-6-7-18(27)23-10-14/h2-8,10-11,22H,9H2,1H3,(H2,21,24)(H,23,27). The number of nitrogen functional groups attached to an aromatic ring is 1. The zero-order valence-corrected chi connectivity index (χ0v) is 15.1. The van der Waals surface area contributed by atoms with Crippen LogP contribution in [0.3, 0.4) is 0 Å². The summed E-state index contributed by atoms with van der Waals surface area (Å²) < 4.78 is 5.47. The van der Waals surface area contributed by atoms with E-state index >= 15 is 0 Å². The van der Waals surface area contributed by atoms with Crippen molar-refractivity contribution in [2.75, 3.05) is 12.8 Å². The first-order valence-corrected chi connectivity index (χ1v) is 8.66. The van der Waals surface area contributed by atoms with Gasteiger partial charge in [0.1, 0.15) is 5.69 Å². The second kappa shape index (κ2) is 7.45. The zero-order chi connectivity index (χ0) is 19.5. The number of pyridine rings is 1. The first-order chi connectivity index (χ1) is 13.6. The van der Waals surface area contributed by atoms with Crippen molar-refractivity contribution in [3.05, 3.63) is 70.8 Å². The predicted octanol–water partition coefficient (Wildman–Crippen LogP) is 2.46. The minimum absolute atomic E-state index is 0.187. The van der Waals surface area contributed by atoms with E-state index in [2.05, 4.69) is 25.4 Å². The summed E-state index contributed by atoms with van der Waals surface area (Å²) in [6, 6.07) is 12.9. The van der Waals surface area contributed by atoms with Crippen LogP contribution in [0.2, 0.25) is 0 Å². The number of aromatic amines is 1. The maximum atomic E-state index is 11.3. The fourth-order valence-corrected chi connectivity index (χ4v) is 2.81. The van der Waals surface area contributed by atoms with Crippen LogP contribution in [0.4, 0.5) is 5.82 Å². The average molecular weight is 374 g/mol. The fraction of sp³-hybridized carbons (Fsp3) is 0.100. The molecule has 0 fully saturated rings. The van der Waals surface area contributed by atoms with E-state index in [-0.39, 0.29) is 11.4 Å². The van der Waals surface area contributed by atoms with Crippen LogP contribution in [0.5, 0.6) is 0 Å². The Bertz CT molecular complexity index is 1140. The molecule has 0 aliphatic rings. The molecule has 3 aromatic heterocycles. The van der Waals surface area contributed by atoms with Crippen molar-refractivity contribution in [3.63, 3.8) is 0 Å². The molecule has 0 aliphatic carbocycles. The van der Waals surface area contributed by atoms with Crippen molar-refractivity contribution in [3.8, 4) is 34.0 Å². The van der Waals surface area contributed by atoms with Crippen molar-refractivity contribution in [1.82, 2.24) is 25.4 Å². The van der Waals surface area contributed by atoms with E-state index < -0.39 is 0 Å².